The third-order valence-electron chi connectivity index (χ3n) is 5.33. The first-order valence-corrected chi connectivity index (χ1v) is 9.51. The standard InChI is InChI=1S/C18H28N4O3/c1-2-25-18(24)14-8-11-21(12-9-14)13-17(23)20-16-7-10-19-22(16)15-5-3-4-6-15/h7,10,14-15H,2-6,8-9,11-13H2,1H3,(H,20,23)/p+1. The zero-order valence-corrected chi connectivity index (χ0v) is 15.0. The summed E-state index contributed by atoms with van der Waals surface area (Å²) >= 11 is 0. The predicted octanol–water partition coefficient (Wildman–Crippen LogP) is 0.795. The van der Waals surface area contributed by atoms with Gasteiger partial charge in [0.05, 0.1) is 37.9 Å². The Morgan fingerprint density at radius 1 is 1.28 bits per heavy atom. The van der Waals surface area contributed by atoms with Gasteiger partial charge in [-0.2, -0.15) is 5.10 Å². The molecule has 0 bridgehead atoms. The van der Waals surface area contributed by atoms with Gasteiger partial charge < -0.3 is 15.0 Å². The molecule has 7 heteroatoms. The van der Waals surface area contributed by atoms with Crippen LogP contribution in [0, 0.1) is 5.92 Å². The van der Waals surface area contributed by atoms with Crippen LogP contribution in [-0.4, -0.2) is 47.9 Å². The van der Waals surface area contributed by atoms with Crippen molar-refractivity contribution in [2.24, 2.45) is 5.92 Å². The van der Waals surface area contributed by atoms with E-state index in [-0.39, 0.29) is 17.8 Å². The number of likely N-dealkylation sites (tertiary alicyclic amines) is 1. The number of esters is 1. The van der Waals surface area contributed by atoms with Crippen LogP contribution >= 0.6 is 0 Å². The van der Waals surface area contributed by atoms with Crippen molar-refractivity contribution in [3.63, 3.8) is 0 Å². The molecule has 0 radical (unpaired) electrons. The molecular formula is C18H29N4O3+. The first-order valence-electron chi connectivity index (χ1n) is 9.51. The number of nitrogens with one attached hydrogen (secondary N) is 2. The molecule has 25 heavy (non-hydrogen) atoms. The molecule has 2 N–H and O–H groups in total. The maximum absolute atomic E-state index is 12.4. The van der Waals surface area contributed by atoms with Crippen molar-refractivity contribution in [3.8, 4) is 0 Å². The highest BCUT2D eigenvalue weighted by atomic mass is 16.5. The number of carbonyl (C=O) groups is 2. The Morgan fingerprint density at radius 2 is 2.00 bits per heavy atom. The van der Waals surface area contributed by atoms with Crippen molar-refractivity contribution in [2.75, 3.05) is 31.6 Å². The zero-order chi connectivity index (χ0) is 17.6. The summed E-state index contributed by atoms with van der Waals surface area (Å²) in [5.41, 5.74) is 0. The quantitative estimate of drug-likeness (QED) is 0.745. The second-order valence-electron chi connectivity index (χ2n) is 7.10. The average molecular weight is 349 g/mol. The molecule has 2 fully saturated rings. The number of ether oxygens (including phenoxy) is 1. The minimum absolute atomic E-state index is 0.00411. The monoisotopic (exact) mass is 349 g/mol. The van der Waals surface area contributed by atoms with Crippen LogP contribution in [-0.2, 0) is 14.3 Å². The molecule has 0 unspecified atom stereocenters. The van der Waals surface area contributed by atoms with Gasteiger partial charge in [0.1, 0.15) is 5.82 Å². The van der Waals surface area contributed by atoms with Crippen LogP contribution in [0.1, 0.15) is 51.5 Å². The molecule has 1 saturated carbocycles. The molecule has 0 aromatic carbocycles. The molecule has 1 aliphatic carbocycles. The number of quaternary nitrogens is 1. The van der Waals surface area contributed by atoms with Gasteiger partial charge in [-0.05, 0) is 19.8 Å². The van der Waals surface area contributed by atoms with Crippen molar-refractivity contribution in [2.45, 2.75) is 51.5 Å². The lowest BCUT2D eigenvalue weighted by Crippen LogP contribution is -3.14. The van der Waals surface area contributed by atoms with E-state index in [1.807, 2.05) is 17.7 Å². The van der Waals surface area contributed by atoms with Gasteiger partial charge >= 0.3 is 5.97 Å². The number of amides is 1. The molecule has 2 heterocycles. The Balaban J connectivity index is 1.46. The zero-order valence-electron chi connectivity index (χ0n) is 15.0. The van der Waals surface area contributed by atoms with Crippen LogP contribution in [0.3, 0.4) is 0 Å². The number of carbonyl (C=O) groups excluding carboxylic acids is 2. The maximum atomic E-state index is 12.4. The van der Waals surface area contributed by atoms with Gasteiger partial charge in [0.2, 0.25) is 0 Å². The molecule has 1 aliphatic heterocycles. The summed E-state index contributed by atoms with van der Waals surface area (Å²) in [5, 5.41) is 7.41. The predicted molar refractivity (Wildman–Crippen MR) is 93.3 cm³/mol. The summed E-state index contributed by atoms with van der Waals surface area (Å²) in [6.45, 7) is 4.37. The smallest absolute Gasteiger partial charge is 0.309 e. The van der Waals surface area contributed by atoms with Gasteiger partial charge in [0.25, 0.3) is 5.91 Å². The molecule has 138 valence electrons. The Labute approximate surface area is 148 Å². The summed E-state index contributed by atoms with van der Waals surface area (Å²) in [5.74, 6) is 0.726. The van der Waals surface area contributed by atoms with Crippen LogP contribution in [0.2, 0.25) is 0 Å². The number of anilines is 1. The van der Waals surface area contributed by atoms with E-state index >= 15 is 0 Å². The fraction of sp³-hybridized carbons (Fsp3) is 0.722. The largest absolute Gasteiger partial charge is 0.466 e. The Kier molecular flexibility index (Phi) is 6.07. The molecule has 1 aromatic rings. The number of piperidine rings is 1. The van der Waals surface area contributed by atoms with E-state index in [2.05, 4.69) is 10.4 Å². The third kappa shape index (κ3) is 4.60. The molecule has 1 amide bonds. The van der Waals surface area contributed by atoms with Gasteiger partial charge in [-0.15, -0.1) is 0 Å². The second-order valence-corrected chi connectivity index (χ2v) is 7.10. The van der Waals surface area contributed by atoms with Gasteiger partial charge in [-0.3, -0.25) is 9.59 Å². The summed E-state index contributed by atoms with van der Waals surface area (Å²) < 4.78 is 7.06. The van der Waals surface area contributed by atoms with E-state index < -0.39 is 0 Å². The molecule has 0 atom stereocenters. The first-order chi connectivity index (χ1) is 12.2. The van der Waals surface area contributed by atoms with Gasteiger partial charge in [0, 0.05) is 18.9 Å². The fourth-order valence-corrected chi connectivity index (χ4v) is 3.97. The van der Waals surface area contributed by atoms with Crippen molar-refractivity contribution in [1.82, 2.24) is 9.78 Å². The van der Waals surface area contributed by atoms with Gasteiger partial charge in [-0.25, -0.2) is 4.68 Å². The third-order valence-corrected chi connectivity index (χ3v) is 5.33. The molecule has 0 spiro atoms. The lowest BCUT2D eigenvalue weighted by molar-refractivity contribution is -0.897. The van der Waals surface area contributed by atoms with Crippen LogP contribution in [0.25, 0.3) is 0 Å². The fourth-order valence-electron chi connectivity index (χ4n) is 3.97. The lowest BCUT2D eigenvalue weighted by atomic mass is 9.97. The molecular weight excluding hydrogens is 320 g/mol. The Bertz CT molecular complexity index is 587. The van der Waals surface area contributed by atoms with E-state index in [4.69, 9.17) is 4.74 Å². The minimum atomic E-state index is -0.0912. The van der Waals surface area contributed by atoms with Crippen LogP contribution < -0.4 is 10.2 Å². The molecule has 2 aliphatic rings. The van der Waals surface area contributed by atoms with Gasteiger partial charge in [-0.1, -0.05) is 12.8 Å². The SMILES string of the molecule is CCOC(=O)C1CC[NH+](CC(=O)Nc2ccnn2C2CCCC2)CC1. The molecule has 1 saturated heterocycles. The second kappa shape index (κ2) is 8.47. The highest BCUT2D eigenvalue weighted by Crippen LogP contribution is 2.31. The molecule has 3 rings (SSSR count). The number of hydrogen-bond acceptors (Lipinski definition) is 4. The summed E-state index contributed by atoms with van der Waals surface area (Å²) in [7, 11) is 0. The van der Waals surface area contributed by atoms with Crippen LogP contribution in [0.15, 0.2) is 12.3 Å². The Hall–Kier alpha value is -1.89. The number of rotatable bonds is 6. The van der Waals surface area contributed by atoms with E-state index in [1.165, 1.54) is 17.7 Å². The molecule has 1 aromatic heterocycles. The van der Waals surface area contributed by atoms with E-state index in [0.29, 0.717) is 19.2 Å². The maximum Gasteiger partial charge on any atom is 0.309 e. The Morgan fingerprint density at radius 3 is 2.68 bits per heavy atom. The van der Waals surface area contributed by atoms with Crippen molar-refractivity contribution >= 4 is 17.7 Å². The van der Waals surface area contributed by atoms with Crippen molar-refractivity contribution in [1.29, 1.82) is 0 Å². The number of nitrogens with zero attached hydrogens (tertiary/aromatic N) is 2. The number of hydrogen-bond donors (Lipinski definition) is 2. The van der Waals surface area contributed by atoms with E-state index in [1.54, 1.807) is 6.20 Å². The highest BCUT2D eigenvalue weighted by molar-refractivity contribution is 5.90. The van der Waals surface area contributed by atoms with Crippen LogP contribution in [0.4, 0.5) is 5.82 Å². The summed E-state index contributed by atoms with van der Waals surface area (Å²) in [6, 6.07) is 2.29. The van der Waals surface area contributed by atoms with Gasteiger partial charge in [0.15, 0.2) is 6.54 Å². The average Bonchev–Trinajstić information content (AvgIpc) is 3.26. The van der Waals surface area contributed by atoms with E-state index in [0.717, 1.165) is 44.6 Å². The van der Waals surface area contributed by atoms with Crippen molar-refractivity contribution < 1.29 is 19.2 Å². The minimum Gasteiger partial charge on any atom is -0.466 e. The van der Waals surface area contributed by atoms with Crippen LogP contribution in [0.5, 0.6) is 0 Å². The number of aromatic nitrogens is 2. The topological polar surface area (TPSA) is 77.7 Å². The molecule has 7 nitrogen and oxygen atoms in total. The first kappa shape index (κ1) is 17.9. The summed E-state index contributed by atoms with van der Waals surface area (Å²) in [6.07, 6.45) is 8.08. The lowest BCUT2D eigenvalue weighted by Gasteiger charge is -2.27. The summed E-state index contributed by atoms with van der Waals surface area (Å²) in [4.78, 5) is 25.4. The normalized spacial score (nSPS) is 24.2. The highest BCUT2D eigenvalue weighted by Gasteiger charge is 2.29. The van der Waals surface area contributed by atoms with Crippen molar-refractivity contribution in [3.05, 3.63) is 12.3 Å². The van der Waals surface area contributed by atoms with E-state index in [9.17, 15) is 9.59 Å².